The summed E-state index contributed by atoms with van der Waals surface area (Å²) >= 11 is 0. The van der Waals surface area contributed by atoms with E-state index in [1.165, 1.54) is 12.1 Å². The molecule has 0 radical (unpaired) electrons. The third kappa shape index (κ3) is 5.91. The van der Waals surface area contributed by atoms with Gasteiger partial charge >= 0.3 is 0 Å². The number of carbonyl (C=O) groups is 3. The summed E-state index contributed by atoms with van der Waals surface area (Å²) in [4.78, 5) is 44.8. The molecule has 0 aliphatic heterocycles. The van der Waals surface area contributed by atoms with Crippen LogP contribution >= 0.6 is 0 Å². The summed E-state index contributed by atoms with van der Waals surface area (Å²) in [5, 5.41) is 31.7. The summed E-state index contributed by atoms with van der Waals surface area (Å²) in [7, 11) is 0. The fourth-order valence-corrected chi connectivity index (χ4v) is 6.64. The average molecular weight is 601 g/mol. The van der Waals surface area contributed by atoms with Gasteiger partial charge in [-0.3, -0.25) is 14.4 Å². The van der Waals surface area contributed by atoms with Crippen molar-refractivity contribution < 1.29 is 29.7 Å². The number of allylic oxidation sites excluding steroid dienone is 10. The maximum atomic E-state index is 15.1. The quantitative estimate of drug-likeness (QED) is 0.0497. The van der Waals surface area contributed by atoms with Gasteiger partial charge in [-0.1, -0.05) is 67.0 Å². The van der Waals surface area contributed by atoms with Gasteiger partial charge in [0.05, 0.1) is 0 Å². The van der Waals surface area contributed by atoms with Crippen molar-refractivity contribution in [2.45, 2.75) is 88.0 Å². The van der Waals surface area contributed by atoms with Crippen LogP contribution < -0.4 is 0 Å². The minimum Gasteiger partial charge on any atom is -0.506 e. The number of aliphatic hydroxyl groups excluding tert-OH is 1. The molecule has 0 heterocycles. The third-order valence-corrected chi connectivity index (χ3v) is 9.54. The van der Waals surface area contributed by atoms with Crippen LogP contribution in [0.3, 0.4) is 0 Å². The van der Waals surface area contributed by atoms with Gasteiger partial charge in [0.15, 0.2) is 28.8 Å². The molecule has 2 bridgehead atoms. The minimum atomic E-state index is -1.73. The first kappa shape index (κ1) is 34.6. The van der Waals surface area contributed by atoms with Crippen molar-refractivity contribution in [3.8, 4) is 11.5 Å². The van der Waals surface area contributed by atoms with Gasteiger partial charge in [0.25, 0.3) is 0 Å². The average Bonchev–Trinajstić information content (AvgIpc) is 2.91. The van der Waals surface area contributed by atoms with Crippen LogP contribution in [0.2, 0.25) is 0 Å². The number of benzene rings is 1. The largest absolute Gasteiger partial charge is 0.506 e. The van der Waals surface area contributed by atoms with Crippen LogP contribution in [0.4, 0.5) is 0 Å². The second kappa shape index (κ2) is 12.6. The molecule has 2 saturated carbocycles. The minimum absolute atomic E-state index is 0.00974. The van der Waals surface area contributed by atoms with Crippen molar-refractivity contribution in [2.24, 2.45) is 22.2 Å². The summed E-state index contributed by atoms with van der Waals surface area (Å²) in [6, 6.07) is 3.61. The number of rotatable bonds is 9. The molecule has 1 aromatic rings. The Morgan fingerprint density at radius 3 is 2.00 bits per heavy atom. The van der Waals surface area contributed by atoms with Crippen LogP contribution in [-0.4, -0.2) is 32.7 Å². The normalized spacial score (nSPS) is 25.7. The van der Waals surface area contributed by atoms with Crippen molar-refractivity contribution in [2.75, 3.05) is 0 Å². The lowest BCUT2D eigenvalue weighted by molar-refractivity contribution is -0.172. The molecule has 0 amide bonds. The van der Waals surface area contributed by atoms with E-state index in [2.05, 4.69) is 12.7 Å². The first-order chi connectivity index (χ1) is 20.3. The van der Waals surface area contributed by atoms with Crippen LogP contribution in [0.5, 0.6) is 11.5 Å². The van der Waals surface area contributed by atoms with Gasteiger partial charge in [0, 0.05) is 5.56 Å². The lowest BCUT2D eigenvalue weighted by atomic mass is 9.39. The second-order valence-corrected chi connectivity index (χ2v) is 13.9. The van der Waals surface area contributed by atoms with E-state index in [-0.39, 0.29) is 24.3 Å². The monoisotopic (exact) mass is 600 g/mol. The molecule has 6 heteroatoms. The summed E-state index contributed by atoms with van der Waals surface area (Å²) in [5.41, 5.74) is -0.242. The van der Waals surface area contributed by atoms with Gasteiger partial charge in [-0.15, -0.1) is 0 Å². The number of fused-ring (bicyclic) bond motifs is 2. The molecule has 3 atom stereocenters. The molecule has 0 unspecified atom stereocenters. The van der Waals surface area contributed by atoms with E-state index in [0.717, 1.165) is 28.4 Å². The van der Waals surface area contributed by atoms with E-state index in [4.69, 9.17) is 0 Å². The molecule has 3 rings (SSSR count). The number of phenols is 2. The van der Waals surface area contributed by atoms with Crippen LogP contribution in [0.1, 0.15) is 93.6 Å². The van der Waals surface area contributed by atoms with E-state index >= 15 is 4.79 Å². The van der Waals surface area contributed by atoms with E-state index in [1.807, 2.05) is 74.5 Å². The zero-order valence-electron chi connectivity index (χ0n) is 27.7. The predicted molar refractivity (Wildman–Crippen MR) is 176 cm³/mol. The van der Waals surface area contributed by atoms with Crippen molar-refractivity contribution in [3.63, 3.8) is 0 Å². The van der Waals surface area contributed by atoms with Gasteiger partial charge in [-0.05, 0) is 109 Å². The highest BCUT2D eigenvalue weighted by atomic mass is 16.3. The highest BCUT2D eigenvalue weighted by Gasteiger charge is 2.73. The predicted octanol–water partition coefficient (Wildman–Crippen LogP) is 8.68. The molecular weight excluding hydrogens is 552 g/mol. The van der Waals surface area contributed by atoms with E-state index in [1.54, 1.807) is 6.08 Å². The summed E-state index contributed by atoms with van der Waals surface area (Å²) in [6.07, 6.45) is 8.95. The molecule has 6 nitrogen and oxygen atoms in total. The van der Waals surface area contributed by atoms with Gasteiger partial charge in [-0.25, -0.2) is 0 Å². The highest BCUT2D eigenvalue weighted by Crippen LogP contribution is 2.65. The number of aromatic hydroxyl groups is 2. The molecule has 236 valence electrons. The van der Waals surface area contributed by atoms with Crippen LogP contribution in [0.15, 0.2) is 82.5 Å². The Balaban J connectivity index is 2.54. The highest BCUT2D eigenvalue weighted by molar-refractivity contribution is 6.42. The Kier molecular flexibility index (Phi) is 9.89. The molecular formula is C38H48O6. The Morgan fingerprint density at radius 1 is 0.886 bits per heavy atom. The molecule has 2 aliphatic carbocycles. The maximum absolute atomic E-state index is 15.1. The number of aliphatic hydroxyl groups is 1. The molecule has 0 saturated heterocycles. The fourth-order valence-electron chi connectivity index (χ4n) is 6.64. The first-order valence-corrected chi connectivity index (χ1v) is 15.2. The van der Waals surface area contributed by atoms with E-state index in [9.17, 15) is 24.9 Å². The third-order valence-electron chi connectivity index (χ3n) is 9.54. The van der Waals surface area contributed by atoms with Gasteiger partial charge in [0.1, 0.15) is 22.2 Å². The Morgan fingerprint density at radius 2 is 1.48 bits per heavy atom. The fraction of sp³-hybridized carbons (Fsp3) is 0.447. The van der Waals surface area contributed by atoms with Gasteiger partial charge < -0.3 is 15.3 Å². The van der Waals surface area contributed by atoms with Crippen LogP contribution in [0.25, 0.3) is 5.76 Å². The Labute approximate surface area is 262 Å². The number of ketones is 3. The van der Waals surface area contributed by atoms with Crippen molar-refractivity contribution in [1.29, 1.82) is 0 Å². The molecule has 1 aromatic carbocycles. The number of carbonyl (C=O) groups excluding carboxylic acids is 3. The van der Waals surface area contributed by atoms with E-state index < -0.39 is 56.4 Å². The lowest BCUT2D eigenvalue weighted by Gasteiger charge is -2.59. The molecule has 3 N–H and O–H groups in total. The number of hydrogen-bond donors (Lipinski definition) is 3. The van der Waals surface area contributed by atoms with E-state index in [0.29, 0.717) is 18.4 Å². The lowest BCUT2D eigenvalue weighted by Crippen LogP contribution is -2.69. The summed E-state index contributed by atoms with van der Waals surface area (Å²) < 4.78 is 0. The van der Waals surface area contributed by atoms with Crippen molar-refractivity contribution >= 4 is 23.1 Å². The second-order valence-electron chi connectivity index (χ2n) is 13.9. The smallest absolute Gasteiger partial charge is 0.187 e. The molecule has 0 aromatic heterocycles. The zero-order valence-corrected chi connectivity index (χ0v) is 27.7. The van der Waals surface area contributed by atoms with Crippen molar-refractivity contribution in [3.05, 3.63) is 88.1 Å². The molecule has 0 spiro atoms. The Bertz CT molecular complexity index is 1550. The van der Waals surface area contributed by atoms with Crippen molar-refractivity contribution in [1.82, 2.24) is 0 Å². The number of hydrogen-bond acceptors (Lipinski definition) is 6. The summed E-state index contributed by atoms with van der Waals surface area (Å²) in [5.74, 6) is -3.68. The SMILES string of the molecule is C=C(C)/C(=C\[C@@]12C[C@@H](CC=C(C)C)C(C)(C)[C@@](CC=C(C)C)(C(=O)C(=C(O)c3ccc(O)c(O)c3)C1=O)C2=O)CC=C(C)C. The topological polar surface area (TPSA) is 112 Å². The van der Waals surface area contributed by atoms with Crippen LogP contribution in [-0.2, 0) is 14.4 Å². The summed E-state index contributed by atoms with van der Waals surface area (Å²) in [6.45, 7) is 21.6. The zero-order chi connectivity index (χ0) is 33.4. The Hall–Kier alpha value is -3.93. The maximum Gasteiger partial charge on any atom is 0.187 e. The molecule has 44 heavy (non-hydrogen) atoms. The number of Topliss-reactive ketones (excluding diaryl/α,β-unsaturated/α-hetero) is 3. The van der Waals surface area contributed by atoms with Gasteiger partial charge in [-0.2, -0.15) is 0 Å². The van der Waals surface area contributed by atoms with Gasteiger partial charge in [0.2, 0.25) is 0 Å². The molecule has 2 fully saturated rings. The first-order valence-electron chi connectivity index (χ1n) is 15.2. The number of phenolic OH excluding ortho intramolecular Hbond substituents is 2. The standard InChI is InChI=1S/C38H48O6/c1-22(2)11-13-27(25(7)8)20-37-21-28(15-12-23(3)4)36(9,10)38(35(37)44,18-17-24(5)6)34(43)31(33(37)42)32(41)26-14-16-29(39)30(40)19-26/h11-12,14,16-17,19-20,28,39-41H,7,13,15,18,21H2,1-6,8-10H3/b27-20-,32-31?/t28-,37-,38+/m1/s1. The van der Waals surface area contributed by atoms with Crippen LogP contribution in [0, 0.1) is 22.2 Å². The molecule has 2 aliphatic rings.